The molecule has 0 aromatic heterocycles. The van der Waals surface area contributed by atoms with E-state index in [1.54, 1.807) is 0 Å². The lowest BCUT2D eigenvalue weighted by Crippen LogP contribution is -2.14. The molecule has 0 bridgehead atoms. The SMILES string of the molecule is CCCCCCCCCCCC(=O)OCCOCCOCCOCCOCCF. The van der Waals surface area contributed by atoms with Gasteiger partial charge in [0.25, 0.3) is 0 Å². The molecule has 0 N–H and O–H groups in total. The summed E-state index contributed by atoms with van der Waals surface area (Å²) in [5.41, 5.74) is 0. The van der Waals surface area contributed by atoms with Crippen molar-refractivity contribution in [3.63, 3.8) is 0 Å². The number of hydrogen-bond acceptors (Lipinski definition) is 6. The van der Waals surface area contributed by atoms with E-state index in [1.165, 1.54) is 44.9 Å². The van der Waals surface area contributed by atoms with Gasteiger partial charge in [0, 0.05) is 6.42 Å². The molecule has 6 nitrogen and oxygen atoms in total. The predicted molar refractivity (Wildman–Crippen MR) is 112 cm³/mol. The van der Waals surface area contributed by atoms with E-state index in [0.717, 1.165) is 12.8 Å². The zero-order valence-corrected chi connectivity index (χ0v) is 18.5. The van der Waals surface area contributed by atoms with E-state index in [0.29, 0.717) is 52.7 Å². The Morgan fingerprint density at radius 3 is 1.48 bits per heavy atom. The van der Waals surface area contributed by atoms with Gasteiger partial charge in [0.05, 0.1) is 52.9 Å². The van der Waals surface area contributed by atoms with Gasteiger partial charge in [0.15, 0.2) is 0 Å². The molecule has 0 spiro atoms. The van der Waals surface area contributed by atoms with Crippen LogP contribution in [0.1, 0.15) is 71.1 Å². The van der Waals surface area contributed by atoms with E-state index in [2.05, 4.69) is 6.92 Å². The maximum absolute atomic E-state index is 11.8. The van der Waals surface area contributed by atoms with Gasteiger partial charge in [0.1, 0.15) is 13.3 Å². The van der Waals surface area contributed by atoms with Gasteiger partial charge in [-0.25, -0.2) is 4.39 Å². The van der Waals surface area contributed by atoms with Gasteiger partial charge in [-0.15, -0.1) is 0 Å². The highest BCUT2D eigenvalue weighted by Gasteiger charge is 2.02. The third-order valence-electron chi connectivity index (χ3n) is 4.31. The molecule has 0 atom stereocenters. The maximum Gasteiger partial charge on any atom is 0.305 e. The fourth-order valence-corrected chi connectivity index (χ4v) is 2.68. The summed E-state index contributed by atoms with van der Waals surface area (Å²) >= 11 is 0. The Bertz CT molecular complexity index is 330. The second-order valence-electron chi connectivity index (χ2n) is 6.94. The number of alkyl halides is 1. The highest BCUT2D eigenvalue weighted by Crippen LogP contribution is 2.10. The van der Waals surface area contributed by atoms with Crippen LogP contribution in [0.15, 0.2) is 0 Å². The number of carbonyl (C=O) groups is 1. The molecule has 0 amide bonds. The molecule has 0 fully saturated rings. The lowest BCUT2D eigenvalue weighted by atomic mass is 10.1. The molecule has 0 aliphatic heterocycles. The highest BCUT2D eigenvalue weighted by molar-refractivity contribution is 5.69. The molecule has 174 valence electrons. The smallest absolute Gasteiger partial charge is 0.305 e. The topological polar surface area (TPSA) is 63.2 Å². The van der Waals surface area contributed by atoms with E-state index >= 15 is 0 Å². The Morgan fingerprint density at radius 1 is 0.586 bits per heavy atom. The third kappa shape index (κ3) is 25.2. The first-order valence-electron chi connectivity index (χ1n) is 11.3. The monoisotopic (exact) mass is 422 g/mol. The molecule has 0 aliphatic carbocycles. The Kier molecular flexibility index (Phi) is 24.6. The number of hydrogen-bond donors (Lipinski definition) is 0. The van der Waals surface area contributed by atoms with Crippen LogP contribution in [-0.2, 0) is 28.5 Å². The molecule has 0 rings (SSSR count). The summed E-state index contributed by atoms with van der Waals surface area (Å²) in [5.74, 6) is -0.138. The second-order valence-corrected chi connectivity index (χ2v) is 6.94. The number of carbonyl (C=O) groups excluding carboxylic acids is 1. The van der Waals surface area contributed by atoms with Crippen LogP contribution >= 0.6 is 0 Å². The number of rotatable bonds is 24. The third-order valence-corrected chi connectivity index (χ3v) is 4.31. The molecule has 29 heavy (non-hydrogen) atoms. The van der Waals surface area contributed by atoms with E-state index in [4.69, 9.17) is 23.7 Å². The minimum atomic E-state index is -0.471. The molecule has 0 aromatic rings. The fourth-order valence-electron chi connectivity index (χ4n) is 2.68. The van der Waals surface area contributed by atoms with Crippen LogP contribution in [0.4, 0.5) is 4.39 Å². The maximum atomic E-state index is 11.8. The summed E-state index contributed by atoms with van der Waals surface area (Å²) in [6, 6.07) is 0. The van der Waals surface area contributed by atoms with Crippen molar-refractivity contribution in [2.45, 2.75) is 71.1 Å². The number of halogens is 1. The van der Waals surface area contributed by atoms with Crippen LogP contribution in [0.2, 0.25) is 0 Å². The normalized spacial score (nSPS) is 11.1. The number of unbranched alkanes of at least 4 members (excludes halogenated alkanes) is 8. The highest BCUT2D eigenvalue weighted by atomic mass is 19.1. The molecule has 0 radical (unpaired) electrons. The van der Waals surface area contributed by atoms with Crippen molar-refractivity contribution >= 4 is 5.97 Å². The van der Waals surface area contributed by atoms with E-state index in [1.807, 2.05) is 0 Å². The van der Waals surface area contributed by atoms with Gasteiger partial charge in [-0.1, -0.05) is 58.3 Å². The van der Waals surface area contributed by atoms with Crippen LogP contribution in [0.3, 0.4) is 0 Å². The average molecular weight is 423 g/mol. The van der Waals surface area contributed by atoms with Crippen molar-refractivity contribution in [1.29, 1.82) is 0 Å². The Morgan fingerprint density at radius 2 is 1.00 bits per heavy atom. The van der Waals surface area contributed by atoms with Gasteiger partial charge in [-0.3, -0.25) is 4.79 Å². The molecule has 0 saturated carbocycles. The van der Waals surface area contributed by atoms with Crippen molar-refractivity contribution in [1.82, 2.24) is 0 Å². The zero-order valence-electron chi connectivity index (χ0n) is 18.5. The summed E-state index contributed by atoms with van der Waals surface area (Å²) in [5, 5.41) is 0. The van der Waals surface area contributed by atoms with Gasteiger partial charge >= 0.3 is 5.97 Å². The quantitative estimate of drug-likeness (QED) is 0.169. The molecule has 7 heteroatoms. The first-order chi connectivity index (χ1) is 14.3. The van der Waals surface area contributed by atoms with Crippen molar-refractivity contribution in [2.24, 2.45) is 0 Å². The zero-order chi connectivity index (χ0) is 21.3. The largest absolute Gasteiger partial charge is 0.463 e. The minimum Gasteiger partial charge on any atom is -0.463 e. The van der Waals surface area contributed by atoms with Crippen LogP contribution in [0, 0.1) is 0 Å². The summed E-state index contributed by atoms with van der Waals surface area (Å²) in [6.07, 6.45) is 11.6. The number of esters is 1. The molecule has 0 saturated heterocycles. The summed E-state index contributed by atoms with van der Waals surface area (Å²) in [7, 11) is 0. The van der Waals surface area contributed by atoms with Gasteiger partial charge < -0.3 is 23.7 Å². The Balaban J connectivity index is 3.13. The molecule has 0 aliphatic rings. The number of ether oxygens (including phenoxy) is 5. The first kappa shape index (κ1) is 28.2. The first-order valence-corrected chi connectivity index (χ1v) is 11.3. The van der Waals surface area contributed by atoms with E-state index < -0.39 is 6.67 Å². The summed E-state index contributed by atoms with van der Waals surface area (Å²) in [4.78, 5) is 11.6. The van der Waals surface area contributed by atoms with E-state index in [9.17, 15) is 9.18 Å². The lowest BCUT2D eigenvalue weighted by molar-refractivity contribution is -0.145. The van der Waals surface area contributed by atoms with Crippen molar-refractivity contribution < 1.29 is 32.9 Å². The summed E-state index contributed by atoms with van der Waals surface area (Å²) < 4.78 is 37.8. The molecular weight excluding hydrogens is 379 g/mol. The average Bonchev–Trinajstić information content (AvgIpc) is 2.72. The van der Waals surface area contributed by atoms with Crippen LogP contribution in [0.25, 0.3) is 0 Å². The fraction of sp³-hybridized carbons (Fsp3) is 0.955. The summed E-state index contributed by atoms with van der Waals surface area (Å²) in [6.45, 7) is 5.24. The second kappa shape index (κ2) is 25.3. The Hall–Kier alpha value is -0.760. The van der Waals surface area contributed by atoms with Gasteiger partial charge in [0.2, 0.25) is 0 Å². The van der Waals surface area contributed by atoms with Gasteiger partial charge in [-0.05, 0) is 6.42 Å². The van der Waals surface area contributed by atoms with Crippen LogP contribution in [0.5, 0.6) is 0 Å². The van der Waals surface area contributed by atoms with Crippen LogP contribution in [-0.4, -0.2) is 72.1 Å². The van der Waals surface area contributed by atoms with Crippen LogP contribution < -0.4 is 0 Å². The standard InChI is InChI=1S/C22H43FO6/c1-2-3-4-5-6-7-8-9-10-11-22(24)29-21-20-28-19-18-27-17-16-26-15-14-25-13-12-23/h2-21H2,1H3. The van der Waals surface area contributed by atoms with E-state index in [-0.39, 0.29) is 19.2 Å². The molecule has 0 unspecified atom stereocenters. The van der Waals surface area contributed by atoms with Crippen molar-refractivity contribution in [3.05, 3.63) is 0 Å². The molecular formula is C22H43FO6. The molecule has 0 heterocycles. The predicted octanol–water partition coefficient (Wildman–Crippen LogP) is 4.49. The van der Waals surface area contributed by atoms with Crippen molar-refractivity contribution in [3.8, 4) is 0 Å². The minimum absolute atomic E-state index is 0.117. The Labute approximate surface area is 176 Å². The molecule has 0 aromatic carbocycles. The van der Waals surface area contributed by atoms with Crippen molar-refractivity contribution in [2.75, 3.05) is 66.1 Å². The van der Waals surface area contributed by atoms with Gasteiger partial charge in [-0.2, -0.15) is 0 Å². The lowest BCUT2D eigenvalue weighted by Gasteiger charge is -2.08.